The largest absolute Gasteiger partial charge is 0.352 e. The molecule has 4 rings (SSSR count). The maximum atomic E-state index is 12.3. The normalized spacial score (nSPS) is 21.6. The maximum Gasteiger partial charge on any atom is 0.247 e. The summed E-state index contributed by atoms with van der Waals surface area (Å²) < 4.78 is 1.69. The van der Waals surface area contributed by atoms with Crippen LogP contribution in [0.15, 0.2) is 30.3 Å². The molecule has 1 N–H and O–H groups in total. The molecule has 1 aliphatic carbocycles. The summed E-state index contributed by atoms with van der Waals surface area (Å²) in [4.78, 5) is 14.4. The lowest BCUT2D eigenvalue weighted by atomic mass is 10.1. The Bertz CT molecular complexity index is 694. The standard InChI is InChI=1S/C17H22N6O/c24-16-10-13(12-22(16)14-6-4-5-7-14)11-18-17-19-20-21-23(17)15-8-2-1-3-9-15/h1-3,8-9,13-14H,4-7,10-12H2,(H,18,19,21). The van der Waals surface area contributed by atoms with Crippen LogP contribution in [0, 0.1) is 5.92 Å². The number of nitrogens with one attached hydrogen (secondary N) is 1. The number of hydrogen-bond acceptors (Lipinski definition) is 5. The van der Waals surface area contributed by atoms with Gasteiger partial charge in [0, 0.05) is 31.5 Å². The molecular formula is C17H22N6O. The highest BCUT2D eigenvalue weighted by Gasteiger charge is 2.35. The van der Waals surface area contributed by atoms with Crippen LogP contribution in [0.2, 0.25) is 0 Å². The first-order valence-corrected chi connectivity index (χ1v) is 8.68. The molecule has 2 heterocycles. The number of amides is 1. The van der Waals surface area contributed by atoms with Crippen molar-refractivity contribution in [2.24, 2.45) is 5.92 Å². The van der Waals surface area contributed by atoms with Gasteiger partial charge in [-0.25, -0.2) is 0 Å². The molecule has 1 saturated heterocycles. The third-order valence-electron chi connectivity index (χ3n) is 5.02. The van der Waals surface area contributed by atoms with E-state index in [1.165, 1.54) is 12.8 Å². The second-order valence-electron chi connectivity index (χ2n) is 6.69. The molecule has 1 unspecified atom stereocenters. The fourth-order valence-electron chi connectivity index (χ4n) is 3.79. The molecule has 1 aromatic heterocycles. The van der Waals surface area contributed by atoms with E-state index in [1.807, 2.05) is 30.3 Å². The van der Waals surface area contributed by atoms with Crippen LogP contribution in [0.4, 0.5) is 5.95 Å². The molecule has 1 aliphatic heterocycles. The van der Waals surface area contributed by atoms with E-state index in [2.05, 4.69) is 25.7 Å². The third kappa shape index (κ3) is 2.98. The second-order valence-corrected chi connectivity index (χ2v) is 6.69. The summed E-state index contributed by atoms with van der Waals surface area (Å²) in [5.41, 5.74) is 0.917. The van der Waals surface area contributed by atoms with Crippen molar-refractivity contribution in [1.29, 1.82) is 0 Å². The second kappa shape index (κ2) is 6.59. The molecule has 24 heavy (non-hydrogen) atoms. The number of likely N-dealkylation sites (tertiary alicyclic amines) is 1. The number of aromatic nitrogens is 4. The SMILES string of the molecule is O=C1CC(CNc2nnnn2-c2ccccc2)CN1C1CCCC1. The zero-order chi connectivity index (χ0) is 16.4. The molecule has 1 atom stereocenters. The van der Waals surface area contributed by atoms with Crippen molar-refractivity contribution < 1.29 is 4.79 Å². The fourth-order valence-corrected chi connectivity index (χ4v) is 3.79. The van der Waals surface area contributed by atoms with E-state index in [0.717, 1.165) is 25.1 Å². The maximum absolute atomic E-state index is 12.3. The predicted octanol–water partition coefficient (Wildman–Crippen LogP) is 1.87. The van der Waals surface area contributed by atoms with E-state index in [0.29, 0.717) is 36.8 Å². The smallest absolute Gasteiger partial charge is 0.247 e. The Morgan fingerprint density at radius 2 is 1.96 bits per heavy atom. The van der Waals surface area contributed by atoms with E-state index in [9.17, 15) is 4.79 Å². The van der Waals surface area contributed by atoms with Gasteiger partial charge in [-0.05, 0) is 35.4 Å². The van der Waals surface area contributed by atoms with Crippen molar-refractivity contribution in [1.82, 2.24) is 25.1 Å². The van der Waals surface area contributed by atoms with E-state index >= 15 is 0 Å². The van der Waals surface area contributed by atoms with Gasteiger partial charge in [-0.15, -0.1) is 0 Å². The van der Waals surface area contributed by atoms with Crippen molar-refractivity contribution in [3.05, 3.63) is 30.3 Å². The lowest BCUT2D eigenvalue weighted by Crippen LogP contribution is -2.35. The molecule has 0 radical (unpaired) electrons. The average Bonchev–Trinajstić information content (AvgIpc) is 3.34. The Kier molecular flexibility index (Phi) is 4.15. The van der Waals surface area contributed by atoms with Gasteiger partial charge < -0.3 is 10.2 Å². The highest BCUT2D eigenvalue weighted by atomic mass is 16.2. The molecule has 7 heteroatoms. The number of anilines is 1. The summed E-state index contributed by atoms with van der Waals surface area (Å²) in [6.45, 7) is 1.56. The number of carbonyl (C=O) groups is 1. The van der Waals surface area contributed by atoms with Gasteiger partial charge in [0.05, 0.1) is 5.69 Å². The number of benzene rings is 1. The molecule has 1 aromatic carbocycles. The number of carbonyl (C=O) groups excluding carboxylic acids is 1. The van der Waals surface area contributed by atoms with Crippen molar-refractivity contribution in [3.63, 3.8) is 0 Å². The quantitative estimate of drug-likeness (QED) is 0.908. The number of hydrogen-bond donors (Lipinski definition) is 1. The van der Waals surface area contributed by atoms with E-state index < -0.39 is 0 Å². The average molecular weight is 326 g/mol. The van der Waals surface area contributed by atoms with Gasteiger partial charge in [-0.3, -0.25) is 4.79 Å². The zero-order valence-corrected chi connectivity index (χ0v) is 13.6. The summed E-state index contributed by atoms with van der Waals surface area (Å²) in [6, 6.07) is 10.3. The predicted molar refractivity (Wildman–Crippen MR) is 89.7 cm³/mol. The van der Waals surface area contributed by atoms with Crippen LogP contribution in [0.1, 0.15) is 32.1 Å². The fraction of sp³-hybridized carbons (Fsp3) is 0.529. The molecule has 0 bridgehead atoms. The van der Waals surface area contributed by atoms with Crippen molar-refractivity contribution >= 4 is 11.9 Å². The van der Waals surface area contributed by atoms with Crippen LogP contribution >= 0.6 is 0 Å². The third-order valence-corrected chi connectivity index (χ3v) is 5.02. The van der Waals surface area contributed by atoms with Crippen molar-refractivity contribution in [3.8, 4) is 5.69 Å². The van der Waals surface area contributed by atoms with Crippen molar-refractivity contribution in [2.75, 3.05) is 18.4 Å². The molecule has 2 fully saturated rings. The summed E-state index contributed by atoms with van der Waals surface area (Å²) in [5.74, 6) is 1.24. The molecule has 2 aliphatic rings. The van der Waals surface area contributed by atoms with Gasteiger partial charge in [-0.2, -0.15) is 4.68 Å². The molecule has 126 valence electrons. The minimum absolute atomic E-state index is 0.302. The van der Waals surface area contributed by atoms with Gasteiger partial charge in [0.25, 0.3) is 0 Å². The van der Waals surface area contributed by atoms with Gasteiger partial charge in [0.2, 0.25) is 11.9 Å². The van der Waals surface area contributed by atoms with Crippen LogP contribution in [-0.4, -0.2) is 50.1 Å². The van der Waals surface area contributed by atoms with E-state index in [-0.39, 0.29) is 0 Å². The molecule has 1 saturated carbocycles. The molecule has 0 spiro atoms. The van der Waals surface area contributed by atoms with E-state index in [1.54, 1.807) is 4.68 Å². The highest BCUT2D eigenvalue weighted by Crippen LogP contribution is 2.29. The number of tetrazole rings is 1. The van der Waals surface area contributed by atoms with E-state index in [4.69, 9.17) is 0 Å². The summed E-state index contributed by atoms with van der Waals surface area (Å²) in [6.07, 6.45) is 5.46. The van der Waals surface area contributed by atoms with Crippen LogP contribution in [0.3, 0.4) is 0 Å². The topological polar surface area (TPSA) is 75.9 Å². The summed E-state index contributed by atoms with van der Waals surface area (Å²) in [7, 11) is 0. The Morgan fingerprint density at radius 3 is 2.75 bits per heavy atom. The lowest BCUT2D eigenvalue weighted by Gasteiger charge is -2.24. The number of para-hydroxylation sites is 1. The molecule has 1 amide bonds. The first kappa shape index (κ1) is 15.1. The minimum atomic E-state index is 0.302. The Balaban J connectivity index is 1.38. The van der Waals surface area contributed by atoms with Crippen LogP contribution in [0.25, 0.3) is 5.69 Å². The highest BCUT2D eigenvalue weighted by molar-refractivity contribution is 5.79. The molecule has 2 aromatic rings. The Labute approximate surface area is 141 Å². The van der Waals surface area contributed by atoms with Gasteiger partial charge in [-0.1, -0.05) is 36.1 Å². The van der Waals surface area contributed by atoms with Gasteiger partial charge in [0.15, 0.2) is 0 Å². The first-order chi connectivity index (χ1) is 11.8. The van der Waals surface area contributed by atoms with Gasteiger partial charge >= 0.3 is 0 Å². The summed E-state index contributed by atoms with van der Waals surface area (Å²) in [5, 5.41) is 15.2. The Hall–Kier alpha value is -2.44. The minimum Gasteiger partial charge on any atom is -0.352 e. The number of rotatable bonds is 5. The van der Waals surface area contributed by atoms with Crippen LogP contribution < -0.4 is 5.32 Å². The number of nitrogens with zero attached hydrogens (tertiary/aromatic N) is 5. The lowest BCUT2D eigenvalue weighted by molar-refractivity contribution is -0.129. The van der Waals surface area contributed by atoms with Gasteiger partial charge in [0.1, 0.15) is 0 Å². The first-order valence-electron chi connectivity index (χ1n) is 8.68. The Morgan fingerprint density at radius 1 is 1.17 bits per heavy atom. The van der Waals surface area contributed by atoms with Crippen LogP contribution in [-0.2, 0) is 4.79 Å². The van der Waals surface area contributed by atoms with Crippen molar-refractivity contribution in [2.45, 2.75) is 38.1 Å². The zero-order valence-electron chi connectivity index (χ0n) is 13.6. The summed E-state index contributed by atoms with van der Waals surface area (Å²) >= 11 is 0. The molecule has 7 nitrogen and oxygen atoms in total. The molecular weight excluding hydrogens is 304 g/mol. The van der Waals surface area contributed by atoms with Crippen LogP contribution in [0.5, 0.6) is 0 Å². The monoisotopic (exact) mass is 326 g/mol.